The first-order chi connectivity index (χ1) is 21.0. The predicted octanol–water partition coefficient (Wildman–Crippen LogP) is 6.15. The number of allylic oxidation sites excluding steroid dienone is 1. The second-order valence-corrected chi connectivity index (χ2v) is 11.7. The third-order valence-corrected chi connectivity index (χ3v) is 8.97. The topological polar surface area (TPSA) is 124 Å². The highest BCUT2D eigenvalue weighted by atomic mass is 16.5. The summed E-state index contributed by atoms with van der Waals surface area (Å²) in [6, 6.07) is 6.08. The molecule has 8 bridgehead atoms. The van der Waals surface area contributed by atoms with Crippen molar-refractivity contribution in [2.24, 2.45) is 0 Å². The van der Waals surface area contributed by atoms with Crippen LogP contribution in [0, 0.1) is 13.8 Å². The molecule has 0 spiro atoms. The highest BCUT2D eigenvalue weighted by molar-refractivity contribution is 6.24. The maximum atomic E-state index is 13.5. The molecule has 0 saturated heterocycles. The van der Waals surface area contributed by atoms with Gasteiger partial charge in [-0.2, -0.15) is 0 Å². The van der Waals surface area contributed by atoms with Crippen LogP contribution in [0.5, 0.6) is 0 Å². The molecule has 5 heterocycles. The smallest absolute Gasteiger partial charge is 0.338 e. The number of nitrogens with one attached hydrogen (secondary N) is 2. The van der Waals surface area contributed by atoms with Crippen molar-refractivity contribution in [3.63, 3.8) is 0 Å². The summed E-state index contributed by atoms with van der Waals surface area (Å²) >= 11 is 0. The van der Waals surface area contributed by atoms with Crippen molar-refractivity contribution in [2.75, 3.05) is 27.3 Å². The largest absolute Gasteiger partial charge is 0.478 e. The van der Waals surface area contributed by atoms with Crippen molar-refractivity contribution in [3.05, 3.63) is 75.4 Å². The zero-order valence-electron chi connectivity index (χ0n) is 26.6. The van der Waals surface area contributed by atoms with E-state index in [0.717, 1.165) is 56.4 Å². The summed E-state index contributed by atoms with van der Waals surface area (Å²) in [7, 11) is 3.31. The summed E-state index contributed by atoms with van der Waals surface area (Å²) in [5, 5.41) is 10.4. The summed E-state index contributed by atoms with van der Waals surface area (Å²) in [5.74, 6) is -1.19. The van der Waals surface area contributed by atoms with Gasteiger partial charge >= 0.3 is 5.97 Å². The average molecular weight is 596 g/mol. The lowest BCUT2D eigenvalue weighted by molar-refractivity contribution is -0.131. The standard InChI is InChI=1S/C35H41N5O4/c1-9-22-19(4)26-15-25-18(3)13-29(36-25)24(14-32(41)40(7)11-12-44-8)34-33(35(42)43)21(6)28(39-34)17-31-23(10-2)20(5)27(38-31)16-30(22)37-26/h9,15-18,37-38H,1,10-14H2,2-8H3,(H,42,43). The zero-order valence-corrected chi connectivity index (χ0v) is 26.6. The number of H-pyrrole nitrogens is 2. The van der Waals surface area contributed by atoms with Crippen LogP contribution in [0.15, 0.2) is 24.8 Å². The molecule has 3 aromatic rings. The molecule has 0 aromatic carbocycles. The fraction of sp³-hybridized carbons (Fsp3) is 0.371. The number of aromatic nitrogens is 4. The first kappa shape index (κ1) is 30.9. The lowest BCUT2D eigenvalue weighted by atomic mass is 9.96. The van der Waals surface area contributed by atoms with E-state index in [4.69, 9.17) is 14.7 Å². The van der Waals surface area contributed by atoms with E-state index in [1.165, 1.54) is 0 Å². The average Bonchev–Trinajstić information content (AvgIpc) is 3.68. The summed E-state index contributed by atoms with van der Waals surface area (Å²) in [4.78, 5) is 45.0. The van der Waals surface area contributed by atoms with E-state index in [2.05, 4.69) is 56.4 Å². The van der Waals surface area contributed by atoms with Crippen molar-refractivity contribution in [1.29, 1.82) is 0 Å². The van der Waals surface area contributed by atoms with Gasteiger partial charge in [0.1, 0.15) is 0 Å². The Morgan fingerprint density at radius 3 is 2.43 bits per heavy atom. The Bertz CT molecular complexity index is 1880. The zero-order chi connectivity index (χ0) is 31.9. The first-order valence-electron chi connectivity index (χ1n) is 15.0. The van der Waals surface area contributed by atoms with Crippen molar-refractivity contribution in [3.8, 4) is 0 Å². The Morgan fingerprint density at radius 2 is 1.77 bits per heavy atom. The number of aliphatic carboxylic acids is 1. The molecular weight excluding hydrogens is 554 g/mol. The van der Waals surface area contributed by atoms with Gasteiger partial charge in [0.25, 0.3) is 0 Å². The van der Waals surface area contributed by atoms with Gasteiger partial charge in [-0.3, -0.25) is 9.78 Å². The fourth-order valence-corrected chi connectivity index (χ4v) is 6.22. The Balaban J connectivity index is 1.94. The number of carboxylic acid groups (broad SMARTS) is 1. The normalized spacial score (nSPS) is 14.7. The Kier molecular flexibility index (Phi) is 8.61. The molecule has 0 aliphatic carbocycles. The van der Waals surface area contributed by atoms with Crippen LogP contribution in [0.3, 0.4) is 0 Å². The number of carbonyl (C=O) groups is 2. The fourth-order valence-electron chi connectivity index (χ4n) is 6.22. The first-order valence-corrected chi connectivity index (χ1v) is 15.0. The highest BCUT2D eigenvalue weighted by Crippen LogP contribution is 2.36. The van der Waals surface area contributed by atoms with Crippen LogP contribution in [-0.4, -0.2) is 69.1 Å². The quantitative estimate of drug-likeness (QED) is 0.287. The molecule has 1 amide bonds. The van der Waals surface area contributed by atoms with Crippen molar-refractivity contribution < 1.29 is 19.4 Å². The summed E-state index contributed by atoms with van der Waals surface area (Å²) in [6.07, 6.45) is 3.19. The van der Waals surface area contributed by atoms with Crippen LogP contribution in [0.25, 0.3) is 39.3 Å². The number of likely N-dealkylation sites (N-methyl/N-ethyl adjacent to an activating group) is 1. The van der Waals surface area contributed by atoms with Crippen LogP contribution in [0.2, 0.25) is 0 Å². The van der Waals surface area contributed by atoms with Crippen molar-refractivity contribution in [2.45, 2.75) is 59.8 Å². The van der Waals surface area contributed by atoms with E-state index >= 15 is 0 Å². The minimum absolute atomic E-state index is 0.0254. The molecule has 2 aliphatic rings. The molecule has 0 saturated carbocycles. The van der Waals surface area contributed by atoms with Gasteiger partial charge in [0, 0.05) is 71.2 Å². The number of methoxy groups -OCH3 is 1. The van der Waals surface area contributed by atoms with Gasteiger partial charge in [-0.05, 0) is 74.1 Å². The minimum atomic E-state index is -1.08. The predicted molar refractivity (Wildman–Crippen MR) is 175 cm³/mol. The molecule has 9 heteroatoms. The van der Waals surface area contributed by atoms with E-state index in [0.29, 0.717) is 47.8 Å². The summed E-state index contributed by atoms with van der Waals surface area (Å²) in [5.41, 5.74) is 11.6. The van der Waals surface area contributed by atoms with Gasteiger partial charge in [0.2, 0.25) is 5.91 Å². The third kappa shape index (κ3) is 5.48. The molecule has 3 N–H and O–H groups in total. The molecule has 0 radical (unpaired) electrons. The van der Waals surface area contributed by atoms with Crippen LogP contribution in [0.1, 0.15) is 77.3 Å². The number of carbonyl (C=O) groups excluding carboxylic acids is 1. The van der Waals surface area contributed by atoms with Gasteiger partial charge in [-0.1, -0.05) is 26.5 Å². The molecule has 0 fully saturated rings. The monoisotopic (exact) mass is 595 g/mol. The van der Waals surface area contributed by atoms with Crippen molar-refractivity contribution in [1.82, 2.24) is 24.8 Å². The number of nitrogens with zero attached hydrogens (tertiary/aromatic N) is 3. The van der Waals surface area contributed by atoms with E-state index in [-0.39, 0.29) is 23.8 Å². The van der Waals surface area contributed by atoms with Gasteiger partial charge in [0.05, 0.1) is 30.0 Å². The van der Waals surface area contributed by atoms with Gasteiger partial charge in [-0.15, -0.1) is 0 Å². The third-order valence-electron chi connectivity index (χ3n) is 8.97. The second kappa shape index (κ2) is 12.2. The van der Waals surface area contributed by atoms with E-state index < -0.39 is 5.97 Å². The maximum Gasteiger partial charge on any atom is 0.338 e. The van der Waals surface area contributed by atoms with E-state index in [9.17, 15) is 14.7 Å². The maximum absolute atomic E-state index is 13.5. The molecule has 1 atom stereocenters. The number of amides is 1. The Morgan fingerprint density at radius 1 is 1.07 bits per heavy atom. The molecule has 9 nitrogen and oxygen atoms in total. The van der Waals surface area contributed by atoms with Crippen LogP contribution in [0.4, 0.5) is 0 Å². The van der Waals surface area contributed by atoms with Gasteiger partial charge < -0.3 is 24.7 Å². The van der Waals surface area contributed by atoms with Gasteiger partial charge in [0.15, 0.2) is 0 Å². The van der Waals surface area contributed by atoms with Crippen LogP contribution >= 0.6 is 0 Å². The number of rotatable bonds is 8. The molecule has 5 rings (SSSR count). The summed E-state index contributed by atoms with van der Waals surface area (Å²) in [6.45, 7) is 15.0. The minimum Gasteiger partial charge on any atom is -0.478 e. The number of hydrogen-bond donors (Lipinski definition) is 3. The molecular formula is C35H41N5O4. The lowest BCUT2D eigenvalue weighted by Crippen LogP contribution is -2.31. The Labute approximate surface area is 257 Å². The SMILES string of the molecule is C=Cc1c(C)c2cc3nc(c(CC(=O)N(C)CCOC)c4nc(cc5[nH]c(cc1[nH]2)c(C)c5CC)C(C)=C4C(=O)O)CC3C. The number of aromatic amines is 2. The molecule has 230 valence electrons. The van der Waals surface area contributed by atoms with Gasteiger partial charge in [-0.25, -0.2) is 9.78 Å². The number of carboxylic acids is 1. The Hall–Kier alpha value is -4.50. The summed E-state index contributed by atoms with van der Waals surface area (Å²) < 4.78 is 5.17. The number of ether oxygens (including phenoxy) is 1. The lowest BCUT2D eigenvalue weighted by Gasteiger charge is -2.17. The molecule has 2 aliphatic heterocycles. The van der Waals surface area contributed by atoms with Crippen LogP contribution in [-0.2, 0) is 33.6 Å². The molecule has 1 unspecified atom stereocenters. The second-order valence-electron chi connectivity index (χ2n) is 11.7. The van der Waals surface area contributed by atoms with Crippen LogP contribution < -0.4 is 0 Å². The molecule has 3 aromatic heterocycles. The van der Waals surface area contributed by atoms with E-state index in [1.54, 1.807) is 26.0 Å². The molecule has 44 heavy (non-hydrogen) atoms. The van der Waals surface area contributed by atoms with E-state index in [1.807, 2.05) is 12.1 Å². The number of fused-ring (bicyclic) bond motifs is 8. The number of hydrogen-bond acceptors (Lipinski definition) is 5. The number of aryl methyl sites for hydroxylation is 3. The van der Waals surface area contributed by atoms with Crippen molar-refractivity contribution >= 4 is 51.2 Å². The highest BCUT2D eigenvalue weighted by Gasteiger charge is 2.30.